The van der Waals surface area contributed by atoms with Gasteiger partial charge in [0.15, 0.2) is 0 Å². The summed E-state index contributed by atoms with van der Waals surface area (Å²) in [5, 5.41) is 2.99. The third kappa shape index (κ3) is 0.946. The third-order valence-electron chi connectivity index (χ3n) is 2.22. The van der Waals surface area contributed by atoms with Crippen LogP contribution in [0.4, 0.5) is 5.69 Å². The summed E-state index contributed by atoms with van der Waals surface area (Å²) in [6.45, 7) is 0. The van der Waals surface area contributed by atoms with Crippen LogP contribution >= 0.6 is 0 Å². The van der Waals surface area contributed by atoms with Gasteiger partial charge in [0.2, 0.25) is 0 Å². The molecule has 2 rings (SSSR count). The molecular weight excluding hydrogens is 138 g/mol. The summed E-state index contributed by atoms with van der Waals surface area (Å²) in [6.07, 6.45) is 3.30. The lowest BCUT2D eigenvalue weighted by Crippen LogP contribution is -1.80. The number of nitrogens with zero attached hydrogens (tertiary/aromatic N) is 1. The van der Waals surface area contributed by atoms with E-state index in [0.29, 0.717) is 5.69 Å². The van der Waals surface area contributed by atoms with Crippen molar-refractivity contribution in [3.8, 4) is 0 Å². The molecule has 2 heteroatoms. The highest BCUT2D eigenvalue weighted by Crippen LogP contribution is 2.30. The standard InChI is InChI=1S/C9H9NO/c11-10-9-6-2-4-7-3-1-5-8(7)9/h2,4,6H,1,3,5H2. The van der Waals surface area contributed by atoms with E-state index < -0.39 is 0 Å². The summed E-state index contributed by atoms with van der Waals surface area (Å²) in [7, 11) is 0. The van der Waals surface area contributed by atoms with Crippen LogP contribution in [0, 0.1) is 4.91 Å². The predicted octanol–water partition coefficient (Wildman–Crippen LogP) is 2.57. The average Bonchev–Trinajstić information content (AvgIpc) is 2.50. The lowest BCUT2D eigenvalue weighted by molar-refractivity contribution is 0.911. The Morgan fingerprint density at radius 2 is 2.18 bits per heavy atom. The van der Waals surface area contributed by atoms with E-state index in [1.54, 1.807) is 6.07 Å². The van der Waals surface area contributed by atoms with Crippen LogP contribution in [0.1, 0.15) is 17.5 Å². The zero-order valence-corrected chi connectivity index (χ0v) is 6.21. The fourth-order valence-electron chi connectivity index (χ4n) is 1.69. The van der Waals surface area contributed by atoms with Crippen LogP contribution in [0.2, 0.25) is 0 Å². The summed E-state index contributed by atoms with van der Waals surface area (Å²) in [4.78, 5) is 10.3. The van der Waals surface area contributed by atoms with E-state index in [-0.39, 0.29) is 0 Å². The molecular formula is C9H9NO. The topological polar surface area (TPSA) is 29.4 Å². The van der Waals surface area contributed by atoms with Crippen LogP contribution in [0.3, 0.4) is 0 Å². The minimum atomic E-state index is 0.639. The van der Waals surface area contributed by atoms with Crippen LogP contribution < -0.4 is 0 Å². The van der Waals surface area contributed by atoms with E-state index in [0.717, 1.165) is 12.8 Å². The Labute approximate surface area is 65.2 Å². The number of benzene rings is 1. The van der Waals surface area contributed by atoms with Gasteiger partial charge >= 0.3 is 0 Å². The normalized spacial score (nSPS) is 14.5. The van der Waals surface area contributed by atoms with Crippen molar-refractivity contribution in [3.05, 3.63) is 34.2 Å². The molecule has 0 atom stereocenters. The molecule has 0 radical (unpaired) electrons. The zero-order valence-electron chi connectivity index (χ0n) is 6.21. The van der Waals surface area contributed by atoms with Crippen molar-refractivity contribution in [3.63, 3.8) is 0 Å². The highest BCUT2D eigenvalue weighted by molar-refractivity contribution is 5.51. The van der Waals surface area contributed by atoms with Gasteiger partial charge in [0.25, 0.3) is 0 Å². The molecule has 0 aromatic heterocycles. The molecule has 1 aliphatic carbocycles. The predicted molar refractivity (Wildman–Crippen MR) is 43.9 cm³/mol. The lowest BCUT2D eigenvalue weighted by atomic mass is 10.1. The van der Waals surface area contributed by atoms with Crippen LogP contribution in [0.5, 0.6) is 0 Å². The molecule has 1 aliphatic rings. The van der Waals surface area contributed by atoms with Gasteiger partial charge in [0, 0.05) is 0 Å². The first-order valence-corrected chi connectivity index (χ1v) is 3.86. The SMILES string of the molecule is O=Nc1cccc2c1CCC2. The Morgan fingerprint density at radius 1 is 1.27 bits per heavy atom. The molecule has 2 nitrogen and oxygen atoms in total. The van der Waals surface area contributed by atoms with E-state index in [1.807, 2.05) is 6.07 Å². The maximum absolute atomic E-state index is 10.3. The lowest BCUT2D eigenvalue weighted by Gasteiger charge is -1.98. The second-order valence-corrected chi connectivity index (χ2v) is 2.86. The smallest absolute Gasteiger partial charge is 0.111 e. The van der Waals surface area contributed by atoms with Crippen molar-refractivity contribution in [2.75, 3.05) is 0 Å². The molecule has 0 saturated carbocycles. The van der Waals surface area contributed by atoms with E-state index in [9.17, 15) is 4.91 Å². The molecule has 0 unspecified atom stereocenters. The first kappa shape index (κ1) is 6.53. The van der Waals surface area contributed by atoms with E-state index in [1.165, 1.54) is 17.5 Å². The molecule has 0 N–H and O–H groups in total. The van der Waals surface area contributed by atoms with Gasteiger partial charge in [-0.3, -0.25) is 0 Å². The molecule has 0 fully saturated rings. The molecule has 0 heterocycles. The summed E-state index contributed by atoms with van der Waals surface area (Å²) in [6, 6.07) is 5.77. The summed E-state index contributed by atoms with van der Waals surface area (Å²) in [5.74, 6) is 0. The zero-order chi connectivity index (χ0) is 7.68. The van der Waals surface area contributed by atoms with Crippen molar-refractivity contribution < 1.29 is 0 Å². The van der Waals surface area contributed by atoms with Crippen molar-refractivity contribution in [2.24, 2.45) is 5.18 Å². The minimum Gasteiger partial charge on any atom is -0.145 e. The van der Waals surface area contributed by atoms with E-state index >= 15 is 0 Å². The maximum atomic E-state index is 10.3. The largest absolute Gasteiger partial charge is 0.145 e. The molecule has 0 amide bonds. The number of hydrogen-bond acceptors (Lipinski definition) is 2. The first-order valence-electron chi connectivity index (χ1n) is 3.86. The number of aryl methyl sites for hydroxylation is 1. The van der Waals surface area contributed by atoms with Gasteiger partial charge in [-0.15, -0.1) is 4.91 Å². The summed E-state index contributed by atoms with van der Waals surface area (Å²) >= 11 is 0. The molecule has 1 aromatic carbocycles. The number of nitroso groups, excluding NO2 is 1. The van der Waals surface area contributed by atoms with Crippen LogP contribution in [0.15, 0.2) is 23.4 Å². The van der Waals surface area contributed by atoms with Gasteiger partial charge in [-0.2, -0.15) is 0 Å². The van der Waals surface area contributed by atoms with Gasteiger partial charge < -0.3 is 0 Å². The molecule has 0 aliphatic heterocycles. The fourth-order valence-corrected chi connectivity index (χ4v) is 1.69. The van der Waals surface area contributed by atoms with Gasteiger partial charge in [0.1, 0.15) is 5.69 Å². The molecule has 0 saturated heterocycles. The van der Waals surface area contributed by atoms with E-state index in [4.69, 9.17) is 0 Å². The first-order chi connectivity index (χ1) is 5.42. The molecule has 56 valence electrons. The van der Waals surface area contributed by atoms with Gasteiger partial charge in [0.05, 0.1) is 0 Å². The van der Waals surface area contributed by atoms with Gasteiger partial charge in [-0.1, -0.05) is 12.1 Å². The van der Waals surface area contributed by atoms with Gasteiger partial charge in [-0.25, -0.2) is 0 Å². The second kappa shape index (κ2) is 2.46. The van der Waals surface area contributed by atoms with Crippen molar-refractivity contribution >= 4 is 5.69 Å². The monoisotopic (exact) mass is 147 g/mol. The molecule has 0 spiro atoms. The Bertz CT molecular complexity index is 294. The second-order valence-electron chi connectivity index (χ2n) is 2.86. The highest BCUT2D eigenvalue weighted by atomic mass is 16.3. The van der Waals surface area contributed by atoms with Gasteiger partial charge in [-0.05, 0) is 41.6 Å². The van der Waals surface area contributed by atoms with Crippen molar-refractivity contribution in [2.45, 2.75) is 19.3 Å². The Morgan fingerprint density at radius 3 is 3.00 bits per heavy atom. The Kier molecular flexibility index (Phi) is 1.46. The maximum Gasteiger partial charge on any atom is 0.111 e. The van der Waals surface area contributed by atoms with Crippen LogP contribution in [0.25, 0.3) is 0 Å². The third-order valence-corrected chi connectivity index (χ3v) is 2.22. The van der Waals surface area contributed by atoms with Crippen LogP contribution in [-0.4, -0.2) is 0 Å². The average molecular weight is 147 g/mol. The minimum absolute atomic E-state index is 0.639. The molecule has 11 heavy (non-hydrogen) atoms. The van der Waals surface area contributed by atoms with E-state index in [2.05, 4.69) is 11.2 Å². The number of fused-ring (bicyclic) bond motifs is 1. The fraction of sp³-hybridized carbons (Fsp3) is 0.333. The van der Waals surface area contributed by atoms with Crippen molar-refractivity contribution in [1.82, 2.24) is 0 Å². The number of rotatable bonds is 1. The molecule has 0 bridgehead atoms. The van der Waals surface area contributed by atoms with Crippen LogP contribution in [-0.2, 0) is 12.8 Å². The Hall–Kier alpha value is -1.18. The van der Waals surface area contributed by atoms with Crippen molar-refractivity contribution in [1.29, 1.82) is 0 Å². The molecule has 1 aromatic rings. The Balaban J connectivity index is 2.58. The quantitative estimate of drug-likeness (QED) is 0.561. The highest BCUT2D eigenvalue weighted by Gasteiger charge is 2.13. The summed E-state index contributed by atoms with van der Waals surface area (Å²) < 4.78 is 0. The summed E-state index contributed by atoms with van der Waals surface area (Å²) in [5.41, 5.74) is 3.12. The number of hydrogen-bond donors (Lipinski definition) is 0.